The van der Waals surface area contributed by atoms with E-state index in [1.807, 2.05) is 31.2 Å². The van der Waals surface area contributed by atoms with Gasteiger partial charge in [0.25, 0.3) is 0 Å². The third-order valence-corrected chi connectivity index (χ3v) is 5.42. The first-order valence-corrected chi connectivity index (χ1v) is 10.2. The number of methoxy groups -OCH3 is 1. The first-order chi connectivity index (χ1) is 14.1. The number of hydrogen-bond acceptors (Lipinski definition) is 5. The molecule has 0 aliphatic carbocycles. The predicted molar refractivity (Wildman–Crippen MR) is 112 cm³/mol. The number of hydrogen-bond donors (Lipinski definition) is 1. The number of ether oxygens (including phenoxy) is 2. The fourth-order valence-corrected chi connectivity index (χ4v) is 3.94. The fourth-order valence-electron chi connectivity index (χ4n) is 3.94. The van der Waals surface area contributed by atoms with Crippen LogP contribution >= 0.6 is 0 Å². The maximum Gasteiger partial charge on any atom is 0.165 e. The molecule has 1 atom stereocenters. The van der Waals surface area contributed by atoms with Crippen LogP contribution in [0.5, 0.6) is 11.5 Å². The summed E-state index contributed by atoms with van der Waals surface area (Å²) in [5.74, 6) is 0.867. The molecule has 0 spiro atoms. The summed E-state index contributed by atoms with van der Waals surface area (Å²) in [7, 11) is 1.48. The summed E-state index contributed by atoms with van der Waals surface area (Å²) in [6.45, 7) is 7.02. The highest BCUT2D eigenvalue weighted by molar-refractivity contribution is 5.33. The first-order valence-electron chi connectivity index (χ1n) is 10.2. The van der Waals surface area contributed by atoms with E-state index in [1.165, 1.54) is 18.7 Å². The molecule has 29 heavy (non-hydrogen) atoms. The standard InChI is InChI=1S/C23H31FN2O3/c1-3-29-22-7-5-4-6-19(22)16-26-12-11-25(17-20(26)10-13-27)15-18-8-9-21(24)23(14-18)28-2/h4-9,14,20,27H,3,10-13,15-17H2,1-2H3/t20-/m0/s1. The second kappa shape index (κ2) is 10.6. The summed E-state index contributed by atoms with van der Waals surface area (Å²) in [5, 5.41) is 9.59. The van der Waals surface area contributed by atoms with E-state index < -0.39 is 0 Å². The molecule has 0 radical (unpaired) electrons. The normalized spacial score (nSPS) is 18.0. The summed E-state index contributed by atoms with van der Waals surface area (Å²) in [6, 6.07) is 13.4. The van der Waals surface area contributed by atoms with Crippen molar-refractivity contribution in [2.45, 2.75) is 32.5 Å². The maximum atomic E-state index is 13.7. The zero-order valence-corrected chi connectivity index (χ0v) is 17.3. The molecule has 2 aromatic carbocycles. The topological polar surface area (TPSA) is 45.2 Å². The number of halogens is 1. The van der Waals surface area contributed by atoms with Gasteiger partial charge in [-0.15, -0.1) is 0 Å². The van der Waals surface area contributed by atoms with Gasteiger partial charge in [0.1, 0.15) is 5.75 Å². The average molecular weight is 403 g/mol. The molecule has 1 heterocycles. The number of piperazine rings is 1. The van der Waals surface area contributed by atoms with Gasteiger partial charge in [0.2, 0.25) is 0 Å². The summed E-state index contributed by atoms with van der Waals surface area (Å²) >= 11 is 0. The van der Waals surface area contributed by atoms with Gasteiger partial charge in [0.05, 0.1) is 13.7 Å². The number of rotatable bonds is 9. The van der Waals surface area contributed by atoms with Gasteiger partial charge in [-0.25, -0.2) is 4.39 Å². The number of aliphatic hydroxyl groups excluding tert-OH is 1. The van der Waals surface area contributed by atoms with Crippen LogP contribution in [-0.4, -0.2) is 60.9 Å². The lowest BCUT2D eigenvalue weighted by Gasteiger charge is -2.41. The van der Waals surface area contributed by atoms with Crippen molar-refractivity contribution in [1.82, 2.24) is 9.80 Å². The highest BCUT2D eigenvalue weighted by atomic mass is 19.1. The molecule has 0 aromatic heterocycles. The van der Waals surface area contributed by atoms with E-state index >= 15 is 0 Å². The van der Waals surface area contributed by atoms with Crippen molar-refractivity contribution in [3.05, 3.63) is 59.4 Å². The summed E-state index contributed by atoms with van der Waals surface area (Å²) in [5.41, 5.74) is 2.20. The van der Waals surface area contributed by atoms with Crippen LogP contribution in [0.2, 0.25) is 0 Å². The summed E-state index contributed by atoms with van der Waals surface area (Å²) < 4.78 is 24.6. The molecule has 5 nitrogen and oxygen atoms in total. The van der Waals surface area contributed by atoms with Crippen LogP contribution in [0, 0.1) is 5.82 Å². The molecule has 0 unspecified atom stereocenters. The highest BCUT2D eigenvalue weighted by Gasteiger charge is 2.27. The van der Waals surface area contributed by atoms with Crippen molar-refractivity contribution in [2.24, 2.45) is 0 Å². The lowest BCUT2D eigenvalue weighted by molar-refractivity contribution is 0.0494. The van der Waals surface area contributed by atoms with E-state index in [0.717, 1.165) is 50.5 Å². The lowest BCUT2D eigenvalue weighted by atomic mass is 10.1. The molecule has 0 amide bonds. The second-order valence-corrected chi connectivity index (χ2v) is 7.38. The minimum absolute atomic E-state index is 0.159. The molecule has 2 aromatic rings. The molecule has 1 aliphatic rings. The zero-order valence-electron chi connectivity index (χ0n) is 17.3. The van der Waals surface area contributed by atoms with Crippen molar-refractivity contribution in [2.75, 3.05) is 40.0 Å². The van der Waals surface area contributed by atoms with Crippen molar-refractivity contribution in [3.8, 4) is 11.5 Å². The van der Waals surface area contributed by atoms with Crippen molar-refractivity contribution >= 4 is 0 Å². The molecule has 1 fully saturated rings. The van der Waals surface area contributed by atoms with Crippen molar-refractivity contribution < 1.29 is 19.0 Å². The minimum Gasteiger partial charge on any atom is -0.494 e. The van der Waals surface area contributed by atoms with Crippen LogP contribution in [0.3, 0.4) is 0 Å². The molecular formula is C23H31FN2O3. The first kappa shape index (κ1) is 21.6. The van der Waals surface area contributed by atoms with Crippen LogP contribution in [0.15, 0.2) is 42.5 Å². The third-order valence-electron chi connectivity index (χ3n) is 5.42. The van der Waals surface area contributed by atoms with Crippen LogP contribution in [-0.2, 0) is 13.1 Å². The molecule has 158 valence electrons. The highest BCUT2D eigenvalue weighted by Crippen LogP contribution is 2.25. The second-order valence-electron chi connectivity index (χ2n) is 7.38. The maximum absolute atomic E-state index is 13.7. The van der Waals surface area contributed by atoms with Crippen molar-refractivity contribution in [3.63, 3.8) is 0 Å². The number of benzene rings is 2. The molecule has 6 heteroatoms. The van der Waals surface area contributed by atoms with Gasteiger partial charge in [-0.1, -0.05) is 24.3 Å². The Labute approximate surface area is 172 Å². The SMILES string of the molecule is CCOc1ccccc1CN1CCN(Cc2ccc(F)c(OC)c2)C[C@@H]1CCO. The molecule has 1 saturated heterocycles. The summed E-state index contributed by atoms with van der Waals surface area (Å²) in [4.78, 5) is 4.79. The number of nitrogens with zero attached hydrogens (tertiary/aromatic N) is 2. The van der Waals surface area contributed by atoms with Gasteiger partial charge < -0.3 is 14.6 Å². The zero-order chi connectivity index (χ0) is 20.6. The monoisotopic (exact) mass is 402 g/mol. The van der Waals surface area contributed by atoms with Gasteiger partial charge in [-0.05, 0) is 37.1 Å². The Morgan fingerprint density at radius 1 is 1.10 bits per heavy atom. The Kier molecular flexibility index (Phi) is 7.86. The predicted octanol–water partition coefficient (Wildman–Crippen LogP) is 3.30. The Morgan fingerprint density at radius 3 is 2.69 bits per heavy atom. The van der Waals surface area contributed by atoms with Gasteiger partial charge >= 0.3 is 0 Å². The molecule has 1 N–H and O–H groups in total. The lowest BCUT2D eigenvalue weighted by Crippen LogP contribution is -2.52. The van der Waals surface area contributed by atoms with Gasteiger partial charge in [-0.2, -0.15) is 0 Å². The van der Waals surface area contributed by atoms with Crippen LogP contribution < -0.4 is 9.47 Å². The van der Waals surface area contributed by atoms with E-state index in [9.17, 15) is 9.50 Å². The summed E-state index contributed by atoms with van der Waals surface area (Å²) in [6.07, 6.45) is 0.722. The van der Waals surface area contributed by atoms with Crippen LogP contribution in [0.1, 0.15) is 24.5 Å². The van der Waals surface area contributed by atoms with E-state index in [1.54, 1.807) is 6.07 Å². The molecule has 0 bridgehead atoms. The quantitative estimate of drug-likeness (QED) is 0.697. The van der Waals surface area contributed by atoms with Crippen molar-refractivity contribution in [1.29, 1.82) is 0 Å². The molecular weight excluding hydrogens is 371 g/mol. The molecule has 1 aliphatic heterocycles. The number of aliphatic hydroxyl groups is 1. The molecule has 3 rings (SSSR count). The van der Waals surface area contributed by atoms with Crippen LogP contribution in [0.4, 0.5) is 4.39 Å². The smallest absolute Gasteiger partial charge is 0.165 e. The third kappa shape index (κ3) is 5.69. The van der Waals surface area contributed by atoms with E-state index in [-0.39, 0.29) is 24.2 Å². The van der Waals surface area contributed by atoms with Gasteiger partial charge in [0, 0.05) is 50.9 Å². The largest absolute Gasteiger partial charge is 0.494 e. The average Bonchev–Trinajstić information content (AvgIpc) is 2.73. The van der Waals surface area contributed by atoms with Crippen LogP contribution in [0.25, 0.3) is 0 Å². The minimum atomic E-state index is -0.341. The van der Waals surface area contributed by atoms with Gasteiger partial charge in [-0.3, -0.25) is 9.80 Å². The Bertz CT molecular complexity index is 786. The Hall–Kier alpha value is -2.15. The van der Waals surface area contributed by atoms with Gasteiger partial charge in [0.15, 0.2) is 11.6 Å². The van der Waals surface area contributed by atoms with E-state index in [0.29, 0.717) is 6.61 Å². The molecule has 0 saturated carbocycles. The Balaban J connectivity index is 1.66. The Morgan fingerprint density at radius 2 is 1.93 bits per heavy atom. The number of para-hydroxylation sites is 1. The van der Waals surface area contributed by atoms with E-state index in [2.05, 4.69) is 15.9 Å². The van der Waals surface area contributed by atoms with E-state index in [4.69, 9.17) is 9.47 Å². The fraction of sp³-hybridized carbons (Fsp3) is 0.478.